The van der Waals surface area contributed by atoms with Crippen molar-refractivity contribution in [1.29, 1.82) is 0 Å². The monoisotopic (exact) mass is 236 g/mol. The van der Waals surface area contributed by atoms with E-state index in [2.05, 4.69) is 15.3 Å². The van der Waals surface area contributed by atoms with Gasteiger partial charge < -0.3 is 11.1 Å². The first-order chi connectivity index (χ1) is 8.06. The van der Waals surface area contributed by atoms with Gasteiger partial charge >= 0.3 is 0 Å². The van der Waals surface area contributed by atoms with Crippen LogP contribution in [0, 0.1) is 6.92 Å². The van der Waals surface area contributed by atoms with E-state index in [0.717, 1.165) is 18.5 Å². The summed E-state index contributed by atoms with van der Waals surface area (Å²) < 4.78 is 0. The van der Waals surface area contributed by atoms with E-state index in [1.54, 1.807) is 6.20 Å². The molecule has 1 amide bonds. The van der Waals surface area contributed by atoms with Gasteiger partial charge in [-0.05, 0) is 19.8 Å². The Morgan fingerprint density at radius 1 is 1.35 bits per heavy atom. The Balaban J connectivity index is 2.81. The summed E-state index contributed by atoms with van der Waals surface area (Å²) in [6.45, 7) is 6.27. The lowest BCUT2D eigenvalue weighted by Gasteiger charge is -2.31. The van der Waals surface area contributed by atoms with Gasteiger partial charge in [0.15, 0.2) is 0 Å². The summed E-state index contributed by atoms with van der Waals surface area (Å²) in [6.07, 6.45) is 4.66. The van der Waals surface area contributed by atoms with Gasteiger partial charge in [0.1, 0.15) is 5.69 Å². The van der Waals surface area contributed by atoms with Gasteiger partial charge in [-0.3, -0.25) is 9.78 Å². The van der Waals surface area contributed by atoms with Gasteiger partial charge in [0.25, 0.3) is 5.91 Å². The van der Waals surface area contributed by atoms with Crippen LogP contribution in [-0.4, -0.2) is 28.0 Å². The van der Waals surface area contributed by atoms with Crippen molar-refractivity contribution < 1.29 is 4.79 Å². The molecule has 1 heterocycles. The summed E-state index contributed by atoms with van der Waals surface area (Å²) in [7, 11) is 0. The number of hydrogen-bond acceptors (Lipinski definition) is 4. The van der Waals surface area contributed by atoms with E-state index in [9.17, 15) is 4.79 Å². The molecule has 5 heteroatoms. The van der Waals surface area contributed by atoms with Crippen molar-refractivity contribution in [3.05, 3.63) is 23.8 Å². The van der Waals surface area contributed by atoms with Crippen LogP contribution < -0.4 is 11.1 Å². The van der Waals surface area contributed by atoms with E-state index in [-0.39, 0.29) is 11.4 Å². The molecule has 3 N–H and O–H groups in total. The van der Waals surface area contributed by atoms with Gasteiger partial charge in [-0.1, -0.05) is 13.8 Å². The molecule has 0 saturated heterocycles. The molecular formula is C12H20N4O. The maximum absolute atomic E-state index is 12.0. The van der Waals surface area contributed by atoms with E-state index < -0.39 is 0 Å². The maximum atomic E-state index is 12.0. The number of carbonyl (C=O) groups is 1. The molecule has 1 aromatic heterocycles. The van der Waals surface area contributed by atoms with Crippen molar-refractivity contribution in [2.75, 3.05) is 6.54 Å². The topological polar surface area (TPSA) is 80.9 Å². The van der Waals surface area contributed by atoms with Gasteiger partial charge in [0, 0.05) is 12.7 Å². The summed E-state index contributed by atoms with van der Waals surface area (Å²) in [5, 5.41) is 2.95. The fraction of sp³-hybridized carbons (Fsp3) is 0.583. The fourth-order valence-corrected chi connectivity index (χ4v) is 1.58. The number of rotatable bonds is 5. The van der Waals surface area contributed by atoms with Crippen LogP contribution in [0.1, 0.15) is 42.9 Å². The zero-order chi connectivity index (χ0) is 12.9. The number of nitrogens with two attached hydrogens (primary N) is 1. The zero-order valence-electron chi connectivity index (χ0n) is 10.7. The first kappa shape index (κ1) is 13.6. The molecule has 0 radical (unpaired) electrons. The molecule has 94 valence electrons. The van der Waals surface area contributed by atoms with Crippen LogP contribution in [0.4, 0.5) is 0 Å². The van der Waals surface area contributed by atoms with Crippen LogP contribution in [0.2, 0.25) is 0 Å². The van der Waals surface area contributed by atoms with Gasteiger partial charge in [-0.15, -0.1) is 0 Å². The van der Waals surface area contributed by atoms with E-state index in [4.69, 9.17) is 5.73 Å². The number of nitrogens with one attached hydrogen (secondary N) is 1. The highest BCUT2D eigenvalue weighted by molar-refractivity contribution is 5.92. The lowest BCUT2D eigenvalue weighted by molar-refractivity contribution is 0.0889. The Kier molecular flexibility index (Phi) is 4.57. The Bertz CT molecular complexity index is 362. The molecule has 1 aromatic rings. The van der Waals surface area contributed by atoms with Crippen LogP contribution in [0.15, 0.2) is 12.4 Å². The third-order valence-electron chi connectivity index (χ3n) is 3.14. The van der Waals surface area contributed by atoms with Gasteiger partial charge in [0.2, 0.25) is 0 Å². The highest BCUT2D eigenvalue weighted by Gasteiger charge is 2.27. The molecule has 0 aliphatic carbocycles. The Labute approximate surface area is 102 Å². The summed E-state index contributed by atoms with van der Waals surface area (Å²) >= 11 is 0. The van der Waals surface area contributed by atoms with Crippen LogP contribution >= 0.6 is 0 Å². The molecule has 0 spiro atoms. The molecule has 5 nitrogen and oxygen atoms in total. The molecule has 0 aliphatic heterocycles. The van der Waals surface area contributed by atoms with E-state index >= 15 is 0 Å². The third kappa shape index (κ3) is 3.23. The molecule has 0 unspecified atom stereocenters. The minimum atomic E-state index is -0.344. The first-order valence-electron chi connectivity index (χ1n) is 5.88. The molecule has 0 saturated carbocycles. The molecule has 0 fully saturated rings. The fourth-order valence-electron chi connectivity index (χ4n) is 1.58. The highest BCUT2D eigenvalue weighted by Crippen LogP contribution is 2.13. The summed E-state index contributed by atoms with van der Waals surface area (Å²) in [5.41, 5.74) is 6.50. The average molecular weight is 236 g/mol. The van der Waals surface area contributed by atoms with E-state index in [0.29, 0.717) is 12.2 Å². The second-order valence-corrected chi connectivity index (χ2v) is 4.19. The Morgan fingerprint density at radius 3 is 2.41 bits per heavy atom. The van der Waals surface area contributed by atoms with E-state index in [1.807, 2.05) is 20.8 Å². The van der Waals surface area contributed by atoms with Gasteiger partial charge in [-0.2, -0.15) is 0 Å². The Morgan fingerprint density at radius 2 is 2.00 bits per heavy atom. The minimum Gasteiger partial charge on any atom is -0.344 e. The molecule has 1 rings (SSSR count). The normalized spacial score (nSPS) is 11.3. The molecule has 0 aromatic carbocycles. The lowest BCUT2D eigenvalue weighted by atomic mass is 9.93. The SMILES string of the molecule is CCC(CC)(CN)NC(=O)c1cnc(C)cn1. The standard InChI is InChI=1S/C12H20N4O/c1-4-12(5-2,8-13)16-11(17)10-7-14-9(3)6-15-10/h6-7H,4-5,8,13H2,1-3H3,(H,16,17). The van der Waals surface area contributed by atoms with Crippen molar-refractivity contribution in [3.63, 3.8) is 0 Å². The third-order valence-corrected chi connectivity index (χ3v) is 3.14. The quantitative estimate of drug-likeness (QED) is 0.800. The molecular weight excluding hydrogens is 216 g/mol. The number of aromatic nitrogens is 2. The number of nitrogens with zero attached hydrogens (tertiary/aromatic N) is 2. The number of aryl methyl sites for hydroxylation is 1. The number of carbonyl (C=O) groups excluding carboxylic acids is 1. The summed E-state index contributed by atoms with van der Waals surface area (Å²) in [4.78, 5) is 20.1. The molecule has 17 heavy (non-hydrogen) atoms. The first-order valence-corrected chi connectivity index (χ1v) is 5.88. The smallest absolute Gasteiger partial charge is 0.271 e. The van der Waals surface area contributed by atoms with Crippen LogP contribution in [0.5, 0.6) is 0 Å². The molecule has 0 aliphatic rings. The molecule has 0 bridgehead atoms. The van der Waals surface area contributed by atoms with Crippen LogP contribution in [0.3, 0.4) is 0 Å². The lowest BCUT2D eigenvalue weighted by Crippen LogP contribution is -2.53. The van der Waals surface area contributed by atoms with Gasteiger partial charge in [0.05, 0.1) is 17.4 Å². The second kappa shape index (κ2) is 5.72. The average Bonchev–Trinajstić information content (AvgIpc) is 2.37. The zero-order valence-corrected chi connectivity index (χ0v) is 10.7. The predicted molar refractivity (Wildman–Crippen MR) is 66.6 cm³/mol. The van der Waals surface area contributed by atoms with Crippen molar-refractivity contribution in [2.45, 2.75) is 39.2 Å². The van der Waals surface area contributed by atoms with Crippen molar-refractivity contribution in [3.8, 4) is 0 Å². The maximum Gasteiger partial charge on any atom is 0.271 e. The predicted octanol–water partition coefficient (Wildman–Crippen LogP) is 1.03. The number of amides is 1. The second-order valence-electron chi connectivity index (χ2n) is 4.19. The van der Waals surface area contributed by atoms with Crippen LogP contribution in [-0.2, 0) is 0 Å². The van der Waals surface area contributed by atoms with Gasteiger partial charge in [-0.25, -0.2) is 4.98 Å². The summed E-state index contributed by atoms with van der Waals surface area (Å²) in [5.74, 6) is -0.216. The number of hydrogen-bond donors (Lipinski definition) is 2. The molecule has 0 atom stereocenters. The Hall–Kier alpha value is -1.49. The van der Waals surface area contributed by atoms with Crippen molar-refractivity contribution in [2.24, 2.45) is 5.73 Å². The minimum absolute atomic E-state index is 0.216. The summed E-state index contributed by atoms with van der Waals surface area (Å²) in [6, 6.07) is 0. The largest absolute Gasteiger partial charge is 0.344 e. The van der Waals surface area contributed by atoms with Crippen molar-refractivity contribution >= 4 is 5.91 Å². The highest BCUT2D eigenvalue weighted by atomic mass is 16.2. The van der Waals surface area contributed by atoms with Crippen molar-refractivity contribution in [1.82, 2.24) is 15.3 Å². The van der Waals surface area contributed by atoms with Crippen LogP contribution in [0.25, 0.3) is 0 Å². The van der Waals surface area contributed by atoms with E-state index in [1.165, 1.54) is 6.20 Å².